The van der Waals surface area contributed by atoms with Gasteiger partial charge in [-0.3, -0.25) is 9.59 Å². The average Bonchev–Trinajstić information content (AvgIpc) is 3.19. The van der Waals surface area contributed by atoms with E-state index in [0.29, 0.717) is 25.1 Å². The summed E-state index contributed by atoms with van der Waals surface area (Å²) >= 11 is 0. The van der Waals surface area contributed by atoms with Crippen molar-refractivity contribution in [2.45, 2.75) is 31.3 Å². The van der Waals surface area contributed by atoms with Crippen LogP contribution < -0.4 is 16.0 Å². The molecule has 2 aromatic rings. The third-order valence-electron chi connectivity index (χ3n) is 4.67. The van der Waals surface area contributed by atoms with Gasteiger partial charge in [-0.15, -0.1) is 0 Å². The molecule has 0 spiro atoms. The highest BCUT2D eigenvalue weighted by atomic mass is 19.2. The molecular weight excluding hydrogens is 356 g/mol. The van der Waals surface area contributed by atoms with Gasteiger partial charge >= 0.3 is 0 Å². The van der Waals surface area contributed by atoms with Crippen LogP contribution in [-0.2, 0) is 4.79 Å². The lowest BCUT2D eigenvalue weighted by Gasteiger charge is -2.34. The van der Waals surface area contributed by atoms with Crippen molar-refractivity contribution in [3.63, 3.8) is 0 Å². The van der Waals surface area contributed by atoms with E-state index in [0.717, 1.165) is 6.07 Å². The predicted molar refractivity (Wildman–Crippen MR) is 94.2 cm³/mol. The van der Waals surface area contributed by atoms with E-state index in [2.05, 4.69) is 16.0 Å². The largest absolute Gasteiger partial charge is 0.459 e. The van der Waals surface area contributed by atoms with E-state index in [9.17, 15) is 18.4 Å². The monoisotopic (exact) mass is 377 g/mol. The van der Waals surface area contributed by atoms with Crippen molar-refractivity contribution in [1.82, 2.24) is 16.0 Å². The molecule has 1 aliphatic rings. The number of piperidine rings is 1. The first kappa shape index (κ1) is 19.0. The van der Waals surface area contributed by atoms with E-state index in [1.165, 1.54) is 24.5 Å². The third-order valence-corrected chi connectivity index (χ3v) is 4.67. The summed E-state index contributed by atoms with van der Waals surface area (Å²) in [5.41, 5.74) is 0.632. The van der Waals surface area contributed by atoms with Crippen LogP contribution in [0.4, 0.5) is 8.78 Å². The van der Waals surface area contributed by atoms with Crippen LogP contribution in [0, 0.1) is 11.6 Å². The molecule has 8 heteroatoms. The van der Waals surface area contributed by atoms with Crippen LogP contribution in [0.5, 0.6) is 0 Å². The Morgan fingerprint density at radius 1 is 1.26 bits per heavy atom. The second-order valence-electron chi connectivity index (χ2n) is 6.56. The fourth-order valence-corrected chi connectivity index (χ4v) is 3.20. The molecule has 1 aromatic carbocycles. The SMILES string of the molecule is CC(NC(=O)c1ccco1)C(=O)NC1CNCCC1c1ccc(F)c(F)c1. The molecule has 6 nitrogen and oxygen atoms in total. The quantitative estimate of drug-likeness (QED) is 0.744. The number of carbonyl (C=O) groups is 2. The topological polar surface area (TPSA) is 83.4 Å². The van der Waals surface area contributed by atoms with Crippen molar-refractivity contribution in [2.24, 2.45) is 0 Å². The van der Waals surface area contributed by atoms with Gasteiger partial charge in [0.2, 0.25) is 5.91 Å². The van der Waals surface area contributed by atoms with Crippen LogP contribution in [0.15, 0.2) is 41.0 Å². The second-order valence-corrected chi connectivity index (χ2v) is 6.56. The van der Waals surface area contributed by atoms with Crippen molar-refractivity contribution in [1.29, 1.82) is 0 Å². The Bertz CT molecular complexity index is 811. The lowest BCUT2D eigenvalue weighted by Crippen LogP contribution is -2.54. The van der Waals surface area contributed by atoms with Crippen LogP contribution in [0.1, 0.15) is 35.4 Å². The van der Waals surface area contributed by atoms with Gasteiger partial charge in [0.05, 0.1) is 6.26 Å². The Labute approximate surface area is 155 Å². The first-order valence-corrected chi connectivity index (χ1v) is 8.76. The Balaban J connectivity index is 1.65. The minimum atomic E-state index is -0.907. The Morgan fingerprint density at radius 3 is 2.78 bits per heavy atom. The lowest BCUT2D eigenvalue weighted by atomic mass is 9.86. The molecular formula is C19H21F2N3O3. The van der Waals surface area contributed by atoms with Crippen LogP contribution in [-0.4, -0.2) is 37.0 Å². The zero-order chi connectivity index (χ0) is 19.4. The molecule has 27 heavy (non-hydrogen) atoms. The molecule has 3 atom stereocenters. The van der Waals surface area contributed by atoms with Gasteiger partial charge in [0.25, 0.3) is 5.91 Å². The zero-order valence-corrected chi connectivity index (χ0v) is 14.8. The Morgan fingerprint density at radius 2 is 2.07 bits per heavy atom. The molecule has 3 N–H and O–H groups in total. The summed E-state index contributed by atoms with van der Waals surface area (Å²) in [7, 11) is 0. The van der Waals surface area contributed by atoms with Gasteiger partial charge in [0.15, 0.2) is 17.4 Å². The van der Waals surface area contributed by atoms with Crippen molar-refractivity contribution >= 4 is 11.8 Å². The normalized spacial score (nSPS) is 20.7. The zero-order valence-electron chi connectivity index (χ0n) is 14.8. The highest BCUT2D eigenvalue weighted by Gasteiger charge is 2.30. The lowest BCUT2D eigenvalue weighted by molar-refractivity contribution is -0.123. The van der Waals surface area contributed by atoms with E-state index < -0.39 is 23.6 Å². The number of halogens is 2. The summed E-state index contributed by atoms with van der Waals surface area (Å²) in [6, 6.07) is 5.80. The van der Waals surface area contributed by atoms with Crippen molar-refractivity contribution in [3.8, 4) is 0 Å². The first-order valence-electron chi connectivity index (χ1n) is 8.76. The Kier molecular flexibility index (Phi) is 5.85. The fraction of sp³-hybridized carbons (Fsp3) is 0.368. The fourth-order valence-electron chi connectivity index (χ4n) is 3.20. The van der Waals surface area contributed by atoms with E-state index in [1.807, 2.05) is 0 Å². The molecule has 1 aliphatic heterocycles. The smallest absolute Gasteiger partial charge is 0.287 e. The number of benzene rings is 1. The van der Waals surface area contributed by atoms with Crippen LogP contribution >= 0.6 is 0 Å². The molecule has 2 amide bonds. The molecule has 0 bridgehead atoms. The predicted octanol–water partition coefficient (Wildman–Crippen LogP) is 1.94. The van der Waals surface area contributed by atoms with Gasteiger partial charge in [0, 0.05) is 18.5 Å². The highest BCUT2D eigenvalue weighted by Crippen LogP contribution is 2.27. The Hall–Kier alpha value is -2.74. The van der Waals surface area contributed by atoms with E-state index >= 15 is 0 Å². The molecule has 0 radical (unpaired) electrons. The number of rotatable bonds is 5. The van der Waals surface area contributed by atoms with Crippen LogP contribution in [0.2, 0.25) is 0 Å². The average molecular weight is 377 g/mol. The number of nitrogens with one attached hydrogen (secondary N) is 3. The third kappa shape index (κ3) is 4.51. The van der Waals surface area contributed by atoms with Gasteiger partial charge in [-0.25, -0.2) is 8.78 Å². The molecule has 144 valence electrons. The van der Waals surface area contributed by atoms with Crippen molar-refractivity contribution < 1.29 is 22.8 Å². The summed E-state index contributed by atoms with van der Waals surface area (Å²) in [5.74, 6) is -2.69. The van der Waals surface area contributed by atoms with Gasteiger partial charge in [-0.05, 0) is 49.7 Å². The maximum atomic E-state index is 13.6. The van der Waals surface area contributed by atoms with Crippen molar-refractivity contribution in [2.75, 3.05) is 13.1 Å². The van der Waals surface area contributed by atoms with E-state index in [1.54, 1.807) is 13.0 Å². The number of amides is 2. The maximum absolute atomic E-state index is 13.6. The second kappa shape index (κ2) is 8.30. The summed E-state index contributed by atoms with van der Waals surface area (Å²) < 4.78 is 31.8. The van der Waals surface area contributed by atoms with E-state index in [-0.39, 0.29) is 23.6 Å². The number of hydrogen-bond acceptors (Lipinski definition) is 4. The van der Waals surface area contributed by atoms with E-state index in [4.69, 9.17) is 4.42 Å². The number of carbonyl (C=O) groups excluding carboxylic acids is 2. The highest BCUT2D eigenvalue weighted by molar-refractivity contribution is 5.95. The maximum Gasteiger partial charge on any atom is 0.287 e. The molecule has 3 rings (SSSR count). The molecule has 2 heterocycles. The molecule has 3 unspecified atom stereocenters. The van der Waals surface area contributed by atoms with Gasteiger partial charge in [-0.1, -0.05) is 6.07 Å². The first-order chi connectivity index (χ1) is 13.0. The number of furan rings is 1. The standard InChI is InChI=1S/C19H21F2N3O3/c1-11(23-19(26)17-3-2-8-27-17)18(25)24-16-10-22-7-6-13(16)12-4-5-14(20)15(21)9-12/h2-5,8-9,11,13,16,22H,6-7,10H2,1H3,(H,23,26)(H,24,25). The molecule has 1 aromatic heterocycles. The number of hydrogen-bond donors (Lipinski definition) is 3. The summed E-state index contributed by atoms with van der Waals surface area (Å²) in [6.45, 7) is 2.77. The molecule has 0 aliphatic carbocycles. The van der Waals surface area contributed by atoms with Crippen LogP contribution in [0.25, 0.3) is 0 Å². The summed E-state index contributed by atoms with van der Waals surface area (Å²) in [6.07, 6.45) is 2.04. The van der Waals surface area contributed by atoms with Gasteiger partial charge < -0.3 is 20.4 Å². The molecule has 1 fully saturated rings. The molecule has 0 saturated carbocycles. The van der Waals surface area contributed by atoms with Gasteiger partial charge in [-0.2, -0.15) is 0 Å². The van der Waals surface area contributed by atoms with Crippen LogP contribution in [0.3, 0.4) is 0 Å². The minimum absolute atomic E-state index is 0.119. The molecule has 1 saturated heterocycles. The minimum Gasteiger partial charge on any atom is -0.459 e. The van der Waals surface area contributed by atoms with Crippen molar-refractivity contribution in [3.05, 3.63) is 59.6 Å². The summed E-state index contributed by atoms with van der Waals surface area (Å²) in [5, 5.41) is 8.64. The summed E-state index contributed by atoms with van der Waals surface area (Å²) in [4.78, 5) is 24.5. The van der Waals surface area contributed by atoms with Gasteiger partial charge in [0.1, 0.15) is 6.04 Å².